The van der Waals surface area contributed by atoms with Crippen molar-refractivity contribution < 1.29 is 9.59 Å². The van der Waals surface area contributed by atoms with Gasteiger partial charge in [-0.25, -0.2) is 0 Å². The molecule has 25 heavy (non-hydrogen) atoms. The first-order chi connectivity index (χ1) is 12.1. The third kappa shape index (κ3) is 3.90. The Bertz CT molecular complexity index is 724. The van der Waals surface area contributed by atoms with Crippen LogP contribution in [0.4, 0.5) is 0 Å². The van der Waals surface area contributed by atoms with Crippen molar-refractivity contribution in [3.8, 4) is 0 Å². The molecule has 0 spiro atoms. The van der Waals surface area contributed by atoms with Crippen LogP contribution < -0.4 is 10.6 Å². The second-order valence-corrected chi connectivity index (χ2v) is 6.78. The Morgan fingerprint density at radius 3 is 2.16 bits per heavy atom. The fourth-order valence-electron chi connectivity index (χ4n) is 3.31. The molecule has 0 saturated heterocycles. The van der Waals surface area contributed by atoms with Gasteiger partial charge in [0.1, 0.15) is 6.04 Å². The summed E-state index contributed by atoms with van der Waals surface area (Å²) in [6.45, 7) is 2.33. The zero-order valence-electron chi connectivity index (χ0n) is 14.5. The van der Waals surface area contributed by atoms with Crippen molar-refractivity contribution in [2.24, 2.45) is 0 Å². The molecule has 0 bridgehead atoms. The Balaban J connectivity index is 1.56. The third-order valence-corrected chi connectivity index (χ3v) is 5.07. The van der Waals surface area contributed by atoms with Crippen molar-refractivity contribution in [2.75, 3.05) is 6.54 Å². The zero-order chi connectivity index (χ0) is 17.7. The summed E-state index contributed by atoms with van der Waals surface area (Å²) in [7, 11) is 0. The number of benzene rings is 2. The standard InChI is InChI=1S/C21H24N2O2/c1-16(23-20(25)17-9-4-2-5-10-17)19(24)22-15-21(13-8-14-21)18-11-6-3-7-12-18/h2-7,9-12,16H,8,13-15H2,1H3,(H,22,24)(H,23,25). The molecule has 4 nitrogen and oxygen atoms in total. The van der Waals surface area contributed by atoms with Crippen molar-refractivity contribution >= 4 is 11.8 Å². The molecule has 1 saturated carbocycles. The first-order valence-corrected chi connectivity index (χ1v) is 8.80. The molecule has 2 amide bonds. The Morgan fingerprint density at radius 2 is 1.60 bits per heavy atom. The van der Waals surface area contributed by atoms with E-state index in [4.69, 9.17) is 0 Å². The van der Waals surface area contributed by atoms with Gasteiger partial charge in [-0.3, -0.25) is 9.59 Å². The first kappa shape index (κ1) is 17.2. The summed E-state index contributed by atoms with van der Waals surface area (Å²) in [4.78, 5) is 24.6. The summed E-state index contributed by atoms with van der Waals surface area (Å²) in [5.41, 5.74) is 1.88. The lowest BCUT2D eigenvalue weighted by Gasteiger charge is -2.42. The first-order valence-electron chi connectivity index (χ1n) is 8.80. The van der Waals surface area contributed by atoms with Gasteiger partial charge in [0.25, 0.3) is 5.91 Å². The van der Waals surface area contributed by atoms with E-state index in [1.807, 2.05) is 24.3 Å². The minimum atomic E-state index is -0.569. The monoisotopic (exact) mass is 336 g/mol. The Labute approximate surface area is 148 Å². The zero-order valence-corrected chi connectivity index (χ0v) is 14.5. The van der Waals surface area contributed by atoms with Gasteiger partial charge in [-0.1, -0.05) is 55.0 Å². The maximum atomic E-state index is 12.4. The molecule has 1 atom stereocenters. The van der Waals surface area contributed by atoms with E-state index in [9.17, 15) is 9.59 Å². The molecule has 0 radical (unpaired) electrons. The molecule has 0 aromatic heterocycles. The average molecular weight is 336 g/mol. The predicted octanol–water partition coefficient (Wildman–Crippen LogP) is 3.04. The largest absolute Gasteiger partial charge is 0.353 e. The van der Waals surface area contributed by atoms with E-state index in [1.165, 1.54) is 12.0 Å². The number of rotatable bonds is 6. The number of nitrogens with one attached hydrogen (secondary N) is 2. The molecule has 2 aromatic rings. The van der Waals surface area contributed by atoms with Crippen LogP contribution in [0.3, 0.4) is 0 Å². The summed E-state index contributed by atoms with van der Waals surface area (Å²) in [5, 5.41) is 5.78. The van der Waals surface area contributed by atoms with Crippen LogP contribution in [0, 0.1) is 0 Å². The van der Waals surface area contributed by atoms with E-state index < -0.39 is 6.04 Å². The lowest BCUT2D eigenvalue weighted by atomic mass is 9.64. The number of carbonyl (C=O) groups excluding carboxylic acids is 2. The van der Waals surface area contributed by atoms with Crippen molar-refractivity contribution in [3.63, 3.8) is 0 Å². The van der Waals surface area contributed by atoms with E-state index in [1.54, 1.807) is 31.2 Å². The minimum Gasteiger partial charge on any atom is -0.353 e. The SMILES string of the molecule is CC(NC(=O)c1ccccc1)C(=O)NCC1(c2ccccc2)CCC1. The van der Waals surface area contributed by atoms with Gasteiger partial charge in [0, 0.05) is 17.5 Å². The molecule has 2 N–H and O–H groups in total. The normalized spacial score (nSPS) is 16.4. The predicted molar refractivity (Wildman–Crippen MR) is 98.4 cm³/mol. The van der Waals surface area contributed by atoms with E-state index >= 15 is 0 Å². The van der Waals surface area contributed by atoms with Crippen LogP contribution in [-0.2, 0) is 10.2 Å². The van der Waals surface area contributed by atoms with Gasteiger partial charge in [-0.05, 0) is 37.5 Å². The van der Waals surface area contributed by atoms with Crippen LogP contribution in [-0.4, -0.2) is 24.4 Å². The van der Waals surface area contributed by atoms with Gasteiger partial charge < -0.3 is 10.6 Å². The highest BCUT2D eigenvalue weighted by molar-refractivity contribution is 5.97. The fraction of sp³-hybridized carbons (Fsp3) is 0.333. The fourth-order valence-corrected chi connectivity index (χ4v) is 3.31. The molecular formula is C21H24N2O2. The Kier molecular flexibility index (Phi) is 5.17. The lowest BCUT2D eigenvalue weighted by molar-refractivity contribution is -0.123. The van der Waals surface area contributed by atoms with Crippen molar-refractivity contribution in [2.45, 2.75) is 37.6 Å². The lowest BCUT2D eigenvalue weighted by Crippen LogP contribution is -2.51. The van der Waals surface area contributed by atoms with Crippen molar-refractivity contribution in [1.82, 2.24) is 10.6 Å². The quantitative estimate of drug-likeness (QED) is 0.852. The van der Waals surface area contributed by atoms with Crippen molar-refractivity contribution in [1.29, 1.82) is 0 Å². The van der Waals surface area contributed by atoms with Crippen LogP contribution in [0.25, 0.3) is 0 Å². The Hall–Kier alpha value is -2.62. The van der Waals surface area contributed by atoms with Gasteiger partial charge in [0.2, 0.25) is 5.91 Å². The van der Waals surface area contributed by atoms with Gasteiger partial charge in [0.15, 0.2) is 0 Å². The van der Waals surface area contributed by atoms with Crippen LogP contribution in [0.5, 0.6) is 0 Å². The van der Waals surface area contributed by atoms with Gasteiger partial charge in [-0.2, -0.15) is 0 Å². The van der Waals surface area contributed by atoms with Gasteiger partial charge in [0.05, 0.1) is 0 Å². The van der Waals surface area contributed by atoms with E-state index in [0.29, 0.717) is 12.1 Å². The summed E-state index contributed by atoms with van der Waals surface area (Å²) < 4.78 is 0. The van der Waals surface area contributed by atoms with Gasteiger partial charge >= 0.3 is 0 Å². The van der Waals surface area contributed by atoms with Gasteiger partial charge in [-0.15, -0.1) is 0 Å². The number of hydrogen-bond donors (Lipinski definition) is 2. The molecular weight excluding hydrogens is 312 g/mol. The highest BCUT2D eigenvalue weighted by Gasteiger charge is 2.38. The number of hydrogen-bond acceptors (Lipinski definition) is 2. The molecule has 0 aliphatic heterocycles. The number of carbonyl (C=O) groups is 2. The molecule has 1 fully saturated rings. The summed E-state index contributed by atoms with van der Waals surface area (Å²) in [6.07, 6.45) is 3.36. The van der Waals surface area contributed by atoms with Crippen LogP contribution in [0.1, 0.15) is 42.1 Å². The second-order valence-electron chi connectivity index (χ2n) is 6.78. The summed E-state index contributed by atoms with van der Waals surface area (Å²) in [5.74, 6) is -0.379. The highest BCUT2D eigenvalue weighted by atomic mass is 16.2. The molecule has 4 heteroatoms. The molecule has 1 aliphatic carbocycles. The molecule has 3 rings (SSSR count). The molecule has 2 aromatic carbocycles. The minimum absolute atomic E-state index is 0.0417. The van der Waals surface area contributed by atoms with Crippen LogP contribution >= 0.6 is 0 Å². The molecule has 1 unspecified atom stereocenters. The molecule has 1 aliphatic rings. The average Bonchev–Trinajstić information content (AvgIpc) is 2.62. The maximum absolute atomic E-state index is 12.4. The van der Waals surface area contributed by atoms with E-state index in [0.717, 1.165) is 12.8 Å². The Morgan fingerprint density at radius 1 is 1.00 bits per heavy atom. The smallest absolute Gasteiger partial charge is 0.251 e. The summed E-state index contributed by atoms with van der Waals surface area (Å²) in [6, 6.07) is 18.7. The van der Waals surface area contributed by atoms with E-state index in [-0.39, 0.29) is 17.2 Å². The summed E-state index contributed by atoms with van der Waals surface area (Å²) >= 11 is 0. The number of amides is 2. The molecule has 130 valence electrons. The molecule has 0 heterocycles. The highest BCUT2D eigenvalue weighted by Crippen LogP contribution is 2.43. The topological polar surface area (TPSA) is 58.2 Å². The second kappa shape index (κ2) is 7.51. The van der Waals surface area contributed by atoms with Crippen LogP contribution in [0.15, 0.2) is 60.7 Å². The maximum Gasteiger partial charge on any atom is 0.251 e. The van der Waals surface area contributed by atoms with Crippen molar-refractivity contribution in [3.05, 3.63) is 71.8 Å². The third-order valence-electron chi connectivity index (χ3n) is 5.07. The van der Waals surface area contributed by atoms with Crippen LogP contribution in [0.2, 0.25) is 0 Å². The van der Waals surface area contributed by atoms with E-state index in [2.05, 4.69) is 22.8 Å².